The summed E-state index contributed by atoms with van der Waals surface area (Å²) in [7, 11) is 0. The Kier molecular flexibility index (Phi) is 1.33. The molecule has 0 aliphatic heterocycles. The van der Waals surface area contributed by atoms with Crippen molar-refractivity contribution in [3.05, 3.63) is 30.2 Å². The molecule has 2 heterocycles. The number of hydrogen-bond acceptors (Lipinski definition) is 3. The van der Waals surface area contributed by atoms with Crippen molar-refractivity contribution in [3.8, 4) is 0 Å². The maximum atomic E-state index is 8.87. The van der Waals surface area contributed by atoms with Crippen LogP contribution in [0.3, 0.4) is 0 Å². The molecule has 11 heavy (non-hydrogen) atoms. The second-order valence-electron chi connectivity index (χ2n) is 2.21. The Balaban J connectivity index is 2.79. The number of aliphatic hydroxyl groups is 1. The molecule has 0 aromatic carbocycles. The van der Waals surface area contributed by atoms with Crippen LogP contribution in [0, 0.1) is 0 Å². The minimum atomic E-state index is 0.00301. The Morgan fingerprint density at radius 1 is 1.45 bits per heavy atom. The highest BCUT2D eigenvalue weighted by molar-refractivity contribution is 5.45. The Bertz CT molecular complexity index is 368. The van der Waals surface area contributed by atoms with Crippen molar-refractivity contribution in [2.75, 3.05) is 0 Å². The van der Waals surface area contributed by atoms with Gasteiger partial charge in [-0.1, -0.05) is 0 Å². The van der Waals surface area contributed by atoms with Crippen molar-refractivity contribution in [1.82, 2.24) is 14.6 Å². The third-order valence-corrected chi connectivity index (χ3v) is 1.55. The fraction of sp³-hybridized carbons (Fsp3) is 0.143. The van der Waals surface area contributed by atoms with Gasteiger partial charge in [0.05, 0.1) is 6.61 Å². The highest BCUT2D eigenvalue weighted by Crippen LogP contribution is 2.05. The van der Waals surface area contributed by atoms with Crippen molar-refractivity contribution in [3.63, 3.8) is 0 Å². The zero-order valence-corrected chi connectivity index (χ0v) is 5.81. The molecule has 2 rings (SSSR count). The highest BCUT2D eigenvalue weighted by Gasteiger charge is 1.99. The number of imidazole rings is 1. The van der Waals surface area contributed by atoms with Gasteiger partial charge in [0.25, 0.3) is 0 Å². The van der Waals surface area contributed by atoms with Crippen LogP contribution < -0.4 is 0 Å². The van der Waals surface area contributed by atoms with Crippen molar-refractivity contribution in [2.45, 2.75) is 6.61 Å². The lowest BCUT2D eigenvalue weighted by Crippen LogP contribution is -1.94. The van der Waals surface area contributed by atoms with Crippen molar-refractivity contribution in [2.24, 2.45) is 0 Å². The van der Waals surface area contributed by atoms with Crippen molar-refractivity contribution < 1.29 is 5.11 Å². The van der Waals surface area contributed by atoms with E-state index in [1.807, 2.05) is 0 Å². The summed E-state index contributed by atoms with van der Waals surface area (Å²) in [5.74, 6) is 0. The lowest BCUT2D eigenvalue weighted by molar-refractivity contribution is 0.282. The molecule has 0 spiro atoms. The van der Waals surface area contributed by atoms with Gasteiger partial charge in [0.15, 0.2) is 5.65 Å². The average molecular weight is 149 g/mol. The van der Waals surface area contributed by atoms with E-state index in [-0.39, 0.29) is 6.61 Å². The predicted octanol–water partition coefficient (Wildman–Crippen LogP) is 0.222. The summed E-state index contributed by atoms with van der Waals surface area (Å²) in [6.07, 6.45) is 5.04. The lowest BCUT2D eigenvalue weighted by Gasteiger charge is -1.96. The number of rotatable bonds is 1. The van der Waals surface area contributed by atoms with Gasteiger partial charge in [-0.05, 0) is 6.07 Å². The van der Waals surface area contributed by atoms with E-state index < -0.39 is 0 Å². The SMILES string of the molecule is OCc1ccnn2ccnc12. The van der Waals surface area contributed by atoms with Crippen LogP contribution in [-0.4, -0.2) is 19.7 Å². The van der Waals surface area contributed by atoms with Gasteiger partial charge in [-0.2, -0.15) is 5.10 Å². The van der Waals surface area contributed by atoms with Crippen LogP contribution in [0.5, 0.6) is 0 Å². The monoisotopic (exact) mass is 149 g/mol. The first-order chi connectivity index (χ1) is 5.42. The molecule has 2 aromatic rings. The summed E-state index contributed by atoms with van der Waals surface area (Å²) < 4.78 is 1.63. The smallest absolute Gasteiger partial charge is 0.158 e. The maximum absolute atomic E-state index is 8.87. The van der Waals surface area contributed by atoms with Crippen LogP contribution in [-0.2, 0) is 6.61 Å². The van der Waals surface area contributed by atoms with E-state index >= 15 is 0 Å². The lowest BCUT2D eigenvalue weighted by atomic mass is 10.3. The number of aliphatic hydroxyl groups excluding tert-OH is 1. The third-order valence-electron chi connectivity index (χ3n) is 1.55. The molecular formula is C7H7N3O. The first-order valence-electron chi connectivity index (χ1n) is 3.30. The molecule has 0 fully saturated rings. The van der Waals surface area contributed by atoms with Gasteiger partial charge >= 0.3 is 0 Å². The minimum absolute atomic E-state index is 0.00301. The second kappa shape index (κ2) is 2.32. The summed E-state index contributed by atoms with van der Waals surface area (Å²) in [4.78, 5) is 4.03. The molecule has 4 nitrogen and oxygen atoms in total. The summed E-state index contributed by atoms with van der Waals surface area (Å²) >= 11 is 0. The van der Waals surface area contributed by atoms with Crippen LogP contribution in [0.25, 0.3) is 5.65 Å². The molecule has 0 atom stereocenters. The van der Waals surface area contributed by atoms with Crippen LogP contribution in [0.1, 0.15) is 5.56 Å². The highest BCUT2D eigenvalue weighted by atomic mass is 16.3. The molecule has 4 heteroatoms. The van der Waals surface area contributed by atoms with E-state index in [4.69, 9.17) is 5.11 Å². The Hall–Kier alpha value is -1.42. The molecule has 56 valence electrons. The van der Waals surface area contributed by atoms with Gasteiger partial charge in [-0.3, -0.25) is 0 Å². The first kappa shape index (κ1) is 6.30. The van der Waals surface area contributed by atoms with Gasteiger partial charge < -0.3 is 5.11 Å². The minimum Gasteiger partial charge on any atom is -0.392 e. The molecule has 0 saturated heterocycles. The van der Waals surface area contributed by atoms with Crippen LogP contribution in [0.2, 0.25) is 0 Å². The predicted molar refractivity (Wildman–Crippen MR) is 38.9 cm³/mol. The number of hydrogen-bond donors (Lipinski definition) is 1. The summed E-state index contributed by atoms with van der Waals surface area (Å²) in [5.41, 5.74) is 1.51. The summed E-state index contributed by atoms with van der Waals surface area (Å²) in [5, 5.41) is 12.9. The number of nitrogens with zero attached hydrogens (tertiary/aromatic N) is 3. The van der Waals surface area contributed by atoms with Gasteiger partial charge in [-0.15, -0.1) is 0 Å². The molecule has 0 bridgehead atoms. The van der Waals surface area contributed by atoms with Crippen LogP contribution in [0.4, 0.5) is 0 Å². The standard InChI is InChI=1S/C7H7N3O/c11-5-6-1-2-9-10-4-3-8-7(6)10/h1-4,11H,5H2. The fourth-order valence-corrected chi connectivity index (χ4v) is 1.01. The van der Waals surface area contributed by atoms with E-state index in [0.717, 1.165) is 11.2 Å². The largest absolute Gasteiger partial charge is 0.392 e. The Morgan fingerprint density at radius 3 is 3.18 bits per heavy atom. The van der Waals surface area contributed by atoms with E-state index in [1.165, 1.54) is 0 Å². The van der Waals surface area contributed by atoms with Crippen molar-refractivity contribution in [1.29, 1.82) is 0 Å². The quantitative estimate of drug-likeness (QED) is 0.631. The zero-order chi connectivity index (χ0) is 7.68. The topological polar surface area (TPSA) is 50.4 Å². The first-order valence-corrected chi connectivity index (χ1v) is 3.30. The number of fused-ring (bicyclic) bond motifs is 1. The fourth-order valence-electron chi connectivity index (χ4n) is 1.01. The molecule has 0 amide bonds. The average Bonchev–Trinajstić information content (AvgIpc) is 2.50. The Morgan fingerprint density at radius 2 is 2.36 bits per heavy atom. The molecule has 2 aromatic heterocycles. The third kappa shape index (κ3) is 0.877. The second-order valence-corrected chi connectivity index (χ2v) is 2.21. The van der Waals surface area contributed by atoms with Gasteiger partial charge in [0.2, 0.25) is 0 Å². The molecule has 0 saturated carbocycles. The zero-order valence-electron chi connectivity index (χ0n) is 5.81. The Labute approximate surface area is 63.1 Å². The van der Waals surface area contributed by atoms with E-state index in [2.05, 4.69) is 10.1 Å². The normalized spacial score (nSPS) is 10.6. The van der Waals surface area contributed by atoms with Gasteiger partial charge in [-0.25, -0.2) is 9.50 Å². The molecule has 0 aliphatic carbocycles. The summed E-state index contributed by atoms with van der Waals surface area (Å²) in [6, 6.07) is 1.75. The van der Waals surface area contributed by atoms with Crippen LogP contribution >= 0.6 is 0 Å². The maximum Gasteiger partial charge on any atom is 0.158 e. The molecule has 1 N–H and O–H groups in total. The van der Waals surface area contributed by atoms with E-state index in [9.17, 15) is 0 Å². The van der Waals surface area contributed by atoms with E-state index in [0.29, 0.717) is 0 Å². The molecule has 0 unspecified atom stereocenters. The van der Waals surface area contributed by atoms with Crippen LogP contribution in [0.15, 0.2) is 24.7 Å². The van der Waals surface area contributed by atoms with Gasteiger partial charge in [0, 0.05) is 24.2 Å². The number of aromatic nitrogens is 3. The molecular weight excluding hydrogens is 142 g/mol. The molecule has 0 radical (unpaired) electrons. The summed E-state index contributed by atoms with van der Waals surface area (Å²) in [6.45, 7) is 0.00301. The van der Waals surface area contributed by atoms with Crippen molar-refractivity contribution >= 4 is 5.65 Å². The van der Waals surface area contributed by atoms with Gasteiger partial charge in [0.1, 0.15) is 0 Å². The molecule has 0 aliphatic rings. The van der Waals surface area contributed by atoms with E-state index in [1.54, 1.807) is 29.2 Å².